The summed E-state index contributed by atoms with van der Waals surface area (Å²) in [5.41, 5.74) is 4.29. The van der Waals surface area contributed by atoms with Crippen molar-refractivity contribution in [3.05, 3.63) is 35.4 Å². The molecule has 0 aromatic heterocycles. The lowest BCUT2D eigenvalue weighted by atomic mass is 9.80. The van der Waals surface area contributed by atoms with Gasteiger partial charge < -0.3 is 16.3 Å². The van der Waals surface area contributed by atoms with Crippen LogP contribution in [0.1, 0.15) is 42.5 Å². The van der Waals surface area contributed by atoms with Gasteiger partial charge in [-0.3, -0.25) is 4.79 Å². The molecular weight excluding hydrogens is 280 g/mol. The minimum Gasteiger partial charge on any atom is -0.409 e. The molecule has 5 nitrogen and oxygen atoms in total. The molecular formula is C14H17F2N3O2. The third-order valence-electron chi connectivity index (χ3n) is 3.85. The summed E-state index contributed by atoms with van der Waals surface area (Å²) in [6, 6.07) is 3.38. The van der Waals surface area contributed by atoms with Crippen LogP contribution in [0.3, 0.4) is 0 Å². The Morgan fingerprint density at radius 3 is 2.57 bits per heavy atom. The van der Waals surface area contributed by atoms with Crippen LogP contribution in [0.4, 0.5) is 8.78 Å². The number of hydrogen-bond donors (Lipinski definition) is 3. The van der Waals surface area contributed by atoms with E-state index in [1.165, 1.54) is 12.1 Å². The first kappa shape index (κ1) is 15.2. The van der Waals surface area contributed by atoms with E-state index >= 15 is 0 Å². The zero-order valence-corrected chi connectivity index (χ0v) is 11.4. The van der Waals surface area contributed by atoms with E-state index in [2.05, 4.69) is 10.5 Å². The molecule has 0 atom stereocenters. The molecule has 2 rings (SSSR count). The van der Waals surface area contributed by atoms with Crippen molar-refractivity contribution >= 4 is 11.7 Å². The van der Waals surface area contributed by atoms with Gasteiger partial charge in [0.2, 0.25) is 0 Å². The SMILES string of the molecule is NC(=NO)C1(NC(=O)c2cccc(F)c2F)CCCCC1. The highest BCUT2D eigenvalue weighted by atomic mass is 19.2. The second kappa shape index (κ2) is 6.07. The molecule has 1 aliphatic rings. The van der Waals surface area contributed by atoms with Gasteiger partial charge in [-0.05, 0) is 25.0 Å². The summed E-state index contributed by atoms with van der Waals surface area (Å²) in [6.07, 6.45) is 3.55. The van der Waals surface area contributed by atoms with Gasteiger partial charge in [0.1, 0.15) is 5.54 Å². The normalized spacial score (nSPS) is 18.3. The topological polar surface area (TPSA) is 87.7 Å². The van der Waals surface area contributed by atoms with Gasteiger partial charge in [0.15, 0.2) is 17.5 Å². The van der Waals surface area contributed by atoms with E-state index in [-0.39, 0.29) is 5.84 Å². The van der Waals surface area contributed by atoms with Crippen molar-refractivity contribution < 1.29 is 18.8 Å². The maximum absolute atomic E-state index is 13.7. The van der Waals surface area contributed by atoms with Crippen LogP contribution in [0.2, 0.25) is 0 Å². The van der Waals surface area contributed by atoms with Gasteiger partial charge in [-0.15, -0.1) is 0 Å². The molecule has 0 heterocycles. The van der Waals surface area contributed by atoms with Crippen LogP contribution >= 0.6 is 0 Å². The highest BCUT2D eigenvalue weighted by Crippen LogP contribution is 2.29. The zero-order chi connectivity index (χ0) is 15.5. The van der Waals surface area contributed by atoms with Gasteiger partial charge in [-0.25, -0.2) is 8.78 Å². The number of nitrogens with one attached hydrogen (secondary N) is 1. The summed E-state index contributed by atoms with van der Waals surface area (Å²) in [7, 11) is 0. The maximum atomic E-state index is 13.7. The van der Waals surface area contributed by atoms with Gasteiger partial charge in [-0.2, -0.15) is 0 Å². The summed E-state index contributed by atoms with van der Waals surface area (Å²) >= 11 is 0. The molecule has 0 aliphatic heterocycles. The standard InChI is InChI=1S/C14H17F2N3O2/c15-10-6-4-5-9(11(10)16)12(20)18-14(13(17)19-21)7-2-1-3-8-14/h4-6,21H,1-3,7-8H2,(H2,17,19)(H,18,20). The molecule has 0 spiro atoms. The lowest BCUT2D eigenvalue weighted by Gasteiger charge is -2.36. The van der Waals surface area contributed by atoms with Gasteiger partial charge in [-0.1, -0.05) is 30.5 Å². The largest absolute Gasteiger partial charge is 0.409 e. The Hall–Kier alpha value is -2.18. The third kappa shape index (κ3) is 2.96. The van der Waals surface area contributed by atoms with Crippen molar-refractivity contribution in [2.75, 3.05) is 0 Å². The predicted molar refractivity (Wildman–Crippen MR) is 73.0 cm³/mol. The summed E-state index contributed by atoms with van der Waals surface area (Å²) in [4.78, 5) is 12.2. The van der Waals surface area contributed by atoms with E-state index in [1.54, 1.807) is 0 Å². The van der Waals surface area contributed by atoms with Crippen LogP contribution in [0, 0.1) is 11.6 Å². The Morgan fingerprint density at radius 1 is 1.29 bits per heavy atom. The number of amidine groups is 1. The molecule has 1 amide bonds. The number of carbonyl (C=O) groups excluding carboxylic acids is 1. The fraction of sp³-hybridized carbons (Fsp3) is 0.429. The van der Waals surface area contributed by atoms with Crippen molar-refractivity contribution in [2.45, 2.75) is 37.6 Å². The molecule has 1 fully saturated rings. The summed E-state index contributed by atoms with van der Waals surface area (Å²) < 4.78 is 26.9. The average Bonchev–Trinajstić information content (AvgIpc) is 2.50. The van der Waals surface area contributed by atoms with Crippen LogP contribution in [0.5, 0.6) is 0 Å². The first-order valence-corrected chi connectivity index (χ1v) is 6.75. The van der Waals surface area contributed by atoms with Crippen LogP contribution in [-0.4, -0.2) is 22.5 Å². The Bertz CT molecular complexity index is 569. The highest BCUT2D eigenvalue weighted by Gasteiger charge is 2.38. The van der Waals surface area contributed by atoms with Crippen LogP contribution in [0.15, 0.2) is 23.4 Å². The summed E-state index contributed by atoms with van der Waals surface area (Å²) in [6.45, 7) is 0. The Labute approximate surface area is 120 Å². The number of amides is 1. The Balaban J connectivity index is 2.28. The number of oxime groups is 1. The molecule has 1 aliphatic carbocycles. The number of halogens is 2. The number of carbonyl (C=O) groups is 1. The lowest BCUT2D eigenvalue weighted by molar-refractivity contribution is 0.0900. The fourth-order valence-corrected chi connectivity index (χ4v) is 2.66. The number of hydrogen-bond acceptors (Lipinski definition) is 3. The molecule has 4 N–H and O–H groups in total. The molecule has 7 heteroatoms. The maximum Gasteiger partial charge on any atom is 0.255 e. The molecule has 0 unspecified atom stereocenters. The minimum atomic E-state index is -1.21. The first-order chi connectivity index (χ1) is 10.00. The molecule has 1 aromatic carbocycles. The van der Waals surface area contributed by atoms with Gasteiger partial charge in [0.25, 0.3) is 5.91 Å². The van der Waals surface area contributed by atoms with Crippen molar-refractivity contribution in [1.82, 2.24) is 5.32 Å². The Kier molecular flexibility index (Phi) is 4.40. The lowest BCUT2D eigenvalue weighted by Crippen LogP contribution is -2.58. The smallest absolute Gasteiger partial charge is 0.255 e. The number of nitrogens with zero attached hydrogens (tertiary/aromatic N) is 1. The van der Waals surface area contributed by atoms with Crippen LogP contribution in [0.25, 0.3) is 0 Å². The minimum absolute atomic E-state index is 0.118. The van der Waals surface area contributed by atoms with Gasteiger partial charge in [0, 0.05) is 0 Å². The number of nitrogens with two attached hydrogens (primary N) is 1. The zero-order valence-electron chi connectivity index (χ0n) is 11.4. The third-order valence-corrected chi connectivity index (χ3v) is 3.85. The van der Waals surface area contributed by atoms with E-state index in [1.807, 2.05) is 0 Å². The van der Waals surface area contributed by atoms with E-state index in [0.717, 1.165) is 25.3 Å². The molecule has 0 bridgehead atoms. The van der Waals surface area contributed by atoms with Crippen molar-refractivity contribution in [3.8, 4) is 0 Å². The van der Waals surface area contributed by atoms with Crippen LogP contribution in [-0.2, 0) is 0 Å². The van der Waals surface area contributed by atoms with Crippen molar-refractivity contribution in [1.29, 1.82) is 0 Å². The quantitative estimate of drug-likeness (QED) is 0.346. The average molecular weight is 297 g/mol. The molecule has 1 saturated carbocycles. The van der Waals surface area contributed by atoms with Crippen molar-refractivity contribution in [3.63, 3.8) is 0 Å². The summed E-state index contributed by atoms with van der Waals surface area (Å²) in [5.74, 6) is -3.20. The van der Waals surface area contributed by atoms with Crippen LogP contribution < -0.4 is 11.1 Å². The molecule has 0 radical (unpaired) electrons. The second-order valence-electron chi connectivity index (χ2n) is 5.18. The van der Waals surface area contributed by atoms with E-state index in [9.17, 15) is 13.6 Å². The monoisotopic (exact) mass is 297 g/mol. The highest BCUT2D eigenvalue weighted by molar-refractivity contribution is 6.00. The summed E-state index contributed by atoms with van der Waals surface area (Å²) in [5, 5.41) is 14.5. The number of benzene rings is 1. The molecule has 1 aromatic rings. The second-order valence-corrected chi connectivity index (χ2v) is 5.18. The molecule has 0 saturated heterocycles. The fourth-order valence-electron chi connectivity index (χ4n) is 2.66. The molecule has 114 valence electrons. The van der Waals surface area contributed by atoms with E-state index < -0.39 is 28.6 Å². The van der Waals surface area contributed by atoms with Gasteiger partial charge >= 0.3 is 0 Å². The van der Waals surface area contributed by atoms with Crippen molar-refractivity contribution in [2.24, 2.45) is 10.9 Å². The molecule has 21 heavy (non-hydrogen) atoms. The van der Waals surface area contributed by atoms with Gasteiger partial charge in [0.05, 0.1) is 5.56 Å². The number of rotatable bonds is 3. The Morgan fingerprint density at radius 2 is 1.95 bits per heavy atom. The first-order valence-electron chi connectivity index (χ1n) is 6.75. The van der Waals surface area contributed by atoms with E-state index in [0.29, 0.717) is 12.8 Å². The van der Waals surface area contributed by atoms with E-state index in [4.69, 9.17) is 10.9 Å². The predicted octanol–water partition coefficient (Wildman–Crippen LogP) is 2.14.